The van der Waals surface area contributed by atoms with Crippen LogP contribution in [0.1, 0.15) is 23.1 Å². The topological polar surface area (TPSA) is 121 Å². The number of rotatable bonds is 15. The van der Waals surface area contributed by atoms with Gasteiger partial charge in [0.15, 0.2) is 6.29 Å². The standard InChI is InChI=1S/C30H36O9S/c31-17-10-18-35-30-29(38-21-25-15-8-3-9-16-25)28(37-20-24-13-6-2-7-14-24)27(26(39-30)22-40(32,33)34)36-19-23-11-4-1-5-12-23/h1-9,11-16,26-31H,10,17-22H2,(H,32,33,34)/t26-,27-,28+,29-,30-/m1/s1. The van der Waals surface area contributed by atoms with Gasteiger partial charge in [0.05, 0.1) is 26.4 Å². The highest BCUT2D eigenvalue weighted by atomic mass is 32.2. The van der Waals surface area contributed by atoms with Crippen LogP contribution in [0.5, 0.6) is 0 Å². The van der Waals surface area contributed by atoms with E-state index in [1.807, 2.05) is 91.0 Å². The Kier molecular flexibility index (Phi) is 11.6. The molecular weight excluding hydrogens is 536 g/mol. The first-order valence-electron chi connectivity index (χ1n) is 13.2. The molecule has 1 aliphatic rings. The van der Waals surface area contributed by atoms with E-state index >= 15 is 0 Å². The quantitative estimate of drug-likeness (QED) is 0.207. The van der Waals surface area contributed by atoms with Gasteiger partial charge in [-0.05, 0) is 23.1 Å². The van der Waals surface area contributed by atoms with Crippen LogP contribution in [0.2, 0.25) is 0 Å². The number of hydrogen-bond acceptors (Lipinski definition) is 8. The van der Waals surface area contributed by atoms with E-state index in [1.165, 1.54) is 0 Å². The fourth-order valence-electron chi connectivity index (χ4n) is 4.49. The van der Waals surface area contributed by atoms with Crippen molar-refractivity contribution in [2.75, 3.05) is 19.0 Å². The van der Waals surface area contributed by atoms with Crippen molar-refractivity contribution < 1.29 is 41.8 Å². The Labute approximate surface area is 235 Å². The zero-order valence-electron chi connectivity index (χ0n) is 22.2. The lowest BCUT2D eigenvalue weighted by molar-refractivity contribution is -0.319. The summed E-state index contributed by atoms with van der Waals surface area (Å²) in [6.07, 6.45) is -4.38. The maximum atomic E-state index is 12.0. The van der Waals surface area contributed by atoms with Gasteiger partial charge < -0.3 is 28.8 Å². The molecule has 216 valence electrons. The minimum absolute atomic E-state index is 0.0898. The van der Waals surface area contributed by atoms with E-state index in [-0.39, 0.29) is 33.0 Å². The molecule has 0 aromatic heterocycles. The number of aliphatic hydroxyl groups is 1. The average molecular weight is 573 g/mol. The molecule has 9 nitrogen and oxygen atoms in total. The van der Waals surface area contributed by atoms with Gasteiger partial charge in [0.2, 0.25) is 0 Å². The Balaban J connectivity index is 1.66. The zero-order valence-corrected chi connectivity index (χ0v) is 23.0. The number of benzene rings is 3. The molecule has 0 saturated carbocycles. The van der Waals surface area contributed by atoms with Crippen LogP contribution in [-0.2, 0) is 53.6 Å². The van der Waals surface area contributed by atoms with E-state index in [0.29, 0.717) is 6.42 Å². The molecule has 4 rings (SSSR count). The lowest BCUT2D eigenvalue weighted by Crippen LogP contribution is -2.62. The lowest BCUT2D eigenvalue weighted by atomic mass is 9.98. The van der Waals surface area contributed by atoms with Crippen LogP contribution in [-0.4, -0.2) is 67.7 Å². The van der Waals surface area contributed by atoms with Crippen molar-refractivity contribution in [2.45, 2.75) is 56.9 Å². The number of aliphatic hydroxyl groups excluding tert-OH is 1. The average Bonchev–Trinajstić information content (AvgIpc) is 2.96. The SMILES string of the molecule is O=S(=O)(O)C[C@H]1O[C@@H](OCCCO)[C@H](OCc2ccccc2)[C@@H](OCc2ccccc2)[C@@H]1OCc1ccccc1. The highest BCUT2D eigenvalue weighted by Crippen LogP contribution is 2.32. The highest BCUT2D eigenvalue weighted by Gasteiger charge is 2.50. The van der Waals surface area contributed by atoms with Crippen molar-refractivity contribution in [2.24, 2.45) is 0 Å². The van der Waals surface area contributed by atoms with E-state index in [4.69, 9.17) is 23.7 Å². The Bertz CT molecular complexity index is 1230. The predicted octanol–water partition coefficient (Wildman–Crippen LogP) is 3.75. The van der Waals surface area contributed by atoms with E-state index in [1.54, 1.807) is 0 Å². The van der Waals surface area contributed by atoms with Crippen molar-refractivity contribution in [3.63, 3.8) is 0 Å². The second kappa shape index (κ2) is 15.4. The van der Waals surface area contributed by atoms with Gasteiger partial charge in [-0.1, -0.05) is 91.0 Å². The second-order valence-electron chi connectivity index (χ2n) is 9.52. The summed E-state index contributed by atoms with van der Waals surface area (Å²) in [6, 6.07) is 28.6. The zero-order chi connectivity index (χ0) is 28.2. The van der Waals surface area contributed by atoms with Crippen LogP contribution in [0.3, 0.4) is 0 Å². The van der Waals surface area contributed by atoms with Crippen molar-refractivity contribution in [3.8, 4) is 0 Å². The van der Waals surface area contributed by atoms with Crippen LogP contribution >= 0.6 is 0 Å². The van der Waals surface area contributed by atoms with Gasteiger partial charge in [-0.15, -0.1) is 0 Å². The summed E-state index contributed by atoms with van der Waals surface area (Å²) in [4.78, 5) is 0. The maximum absolute atomic E-state index is 12.0. The first-order valence-corrected chi connectivity index (χ1v) is 14.8. The molecule has 0 aliphatic carbocycles. The van der Waals surface area contributed by atoms with Gasteiger partial charge in [0.25, 0.3) is 10.1 Å². The maximum Gasteiger partial charge on any atom is 0.267 e. The van der Waals surface area contributed by atoms with Crippen molar-refractivity contribution in [1.29, 1.82) is 0 Å². The minimum Gasteiger partial charge on any atom is -0.396 e. The summed E-state index contributed by atoms with van der Waals surface area (Å²) in [7, 11) is -4.45. The van der Waals surface area contributed by atoms with Gasteiger partial charge in [-0.3, -0.25) is 4.55 Å². The molecule has 3 aromatic rings. The smallest absolute Gasteiger partial charge is 0.267 e. The molecule has 2 N–H and O–H groups in total. The summed E-state index contributed by atoms with van der Waals surface area (Å²) in [5.74, 6) is -0.719. The Hall–Kier alpha value is -2.67. The molecule has 1 saturated heterocycles. The molecule has 3 aromatic carbocycles. The van der Waals surface area contributed by atoms with Crippen LogP contribution in [0.25, 0.3) is 0 Å². The van der Waals surface area contributed by atoms with Crippen molar-refractivity contribution in [1.82, 2.24) is 0 Å². The third-order valence-electron chi connectivity index (χ3n) is 6.41. The molecule has 10 heteroatoms. The molecule has 0 unspecified atom stereocenters. The molecule has 1 aliphatic heterocycles. The molecule has 0 amide bonds. The molecule has 0 radical (unpaired) electrons. The molecule has 0 spiro atoms. The Morgan fingerprint density at radius 2 is 1.10 bits per heavy atom. The summed E-state index contributed by atoms with van der Waals surface area (Å²) in [6.45, 7) is 0.626. The molecule has 0 bridgehead atoms. The third-order valence-corrected chi connectivity index (χ3v) is 7.16. The van der Waals surface area contributed by atoms with Crippen molar-refractivity contribution >= 4 is 10.1 Å². The van der Waals surface area contributed by atoms with E-state index in [0.717, 1.165) is 16.7 Å². The van der Waals surface area contributed by atoms with Gasteiger partial charge in [-0.25, -0.2) is 0 Å². The highest BCUT2D eigenvalue weighted by molar-refractivity contribution is 7.85. The first-order chi connectivity index (χ1) is 19.4. The van der Waals surface area contributed by atoms with Gasteiger partial charge in [0, 0.05) is 6.61 Å². The summed E-state index contributed by atoms with van der Waals surface area (Å²) < 4.78 is 65.0. The Morgan fingerprint density at radius 3 is 1.55 bits per heavy atom. The molecule has 5 atom stereocenters. The van der Waals surface area contributed by atoms with Crippen molar-refractivity contribution in [3.05, 3.63) is 108 Å². The number of hydrogen-bond donors (Lipinski definition) is 2. The van der Waals surface area contributed by atoms with Gasteiger partial charge in [0.1, 0.15) is 30.2 Å². The van der Waals surface area contributed by atoms with E-state index in [9.17, 15) is 18.1 Å². The van der Waals surface area contributed by atoms with Crippen LogP contribution in [0, 0.1) is 0 Å². The summed E-state index contributed by atoms with van der Waals surface area (Å²) in [5, 5.41) is 9.29. The minimum atomic E-state index is -4.45. The van der Waals surface area contributed by atoms with Gasteiger partial charge >= 0.3 is 0 Å². The summed E-state index contributed by atoms with van der Waals surface area (Å²) in [5.41, 5.74) is 2.69. The molecule has 1 heterocycles. The van der Waals surface area contributed by atoms with Crippen LogP contribution in [0.15, 0.2) is 91.0 Å². The number of ether oxygens (including phenoxy) is 5. The first kappa shape index (κ1) is 30.3. The monoisotopic (exact) mass is 572 g/mol. The third kappa shape index (κ3) is 9.46. The molecular formula is C30H36O9S. The largest absolute Gasteiger partial charge is 0.396 e. The fraction of sp³-hybridized carbons (Fsp3) is 0.400. The fourth-order valence-corrected chi connectivity index (χ4v) is 5.17. The molecule has 1 fully saturated rings. The Morgan fingerprint density at radius 1 is 0.650 bits per heavy atom. The predicted molar refractivity (Wildman–Crippen MR) is 148 cm³/mol. The molecule has 40 heavy (non-hydrogen) atoms. The normalized spacial score (nSPS) is 23.2. The van der Waals surface area contributed by atoms with Gasteiger partial charge in [-0.2, -0.15) is 8.42 Å². The second-order valence-corrected chi connectivity index (χ2v) is 11.0. The van der Waals surface area contributed by atoms with Crippen LogP contribution < -0.4 is 0 Å². The summed E-state index contributed by atoms with van der Waals surface area (Å²) >= 11 is 0. The lowest BCUT2D eigenvalue weighted by Gasteiger charge is -2.45. The van der Waals surface area contributed by atoms with Crippen LogP contribution in [0.4, 0.5) is 0 Å². The van der Waals surface area contributed by atoms with E-state index in [2.05, 4.69) is 0 Å². The van der Waals surface area contributed by atoms with E-state index < -0.39 is 46.6 Å².